The zero-order valence-corrected chi connectivity index (χ0v) is 21.2. The molecule has 0 saturated heterocycles. The van der Waals surface area contributed by atoms with E-state index < -0.39 is 23.1 Å². The third-order valence-corrected chi connectivity index (χ3v) is 7.07. The van der Waals surface area contributed by atoms with Gasteiger partial charge in [0.2, 0.25) is 5.91 Å². The van der Waals surface area contributed by atoms with Crippen molar-refractivity contribution in [1.82, 2.24) is 10.6 Å². The number of halogens is 1. The molecular weight excluding hydrogens is 455 g/mol. The van der Waals surface area contributed by atoms with Crippen LogP contribution in [0, 0.1) is 22.6 Å². The van der Waals surface area contributed by atoms with Crippen LogP contribution in [0.5, 0.6) is 11.5 Å². The molecule has 9 heteroatoms. The summed E-state index contributed by atoms with van der Waals surface area (Å²) in [6.45, 7) is 8.35. The number of rotatable bonds is 8. The van der Waals surface area contributed by atoms with E-state index in [9.17, 15) is 23.9 Å². The zero-order valence-electron chi connectivity index (χ0n) is 21.2. The van der Waals surface area contributed by atoms with Crippen LogP contribution in [-0.2, 0) is 9.59 Å². The minimum absolute atomic E-state index is 0.0411. The molecule has 8 nitrogen and oxygen atoms in total. The van der Waals surface area contributed by atoms with Crippen molar-refractivity contribution in [1.29, 1.82) is 0 Å². The van der Waals surface area contributed by atoms with Gasteiger partial charge in [0.15, 0.2) is 11.6 Å². The van der Waals surface area contributed by atoms with Gasteiger partial charge in [-0.05, 0) is 56.9 Å². The van der Waals surface area contributed by atoms with E-state index in [-0.39, 0.29) is 46.4 Å². The molecule has 1 unspecified atom stereocenters. The monoisotopic (exact) mass is 492 g/mol. The van der Waals surface area contributed by atoms with Crippen LogP contribution in [-0.4, -0.2) is 48.7 Å². The summed E-state index contributed by atoms with van der Waals surface area (Å²) in [5.74, 6) is -2.37. The van der Waals surface area contributed by atoms with Crippen LogP contribution < -0.4 is 20.1 Å². The summed E-state index contributed by atoms with van der Waals surface area (Å²) in [4.78, 5) is 37.1. The second kappa shape index (κ2) is 10.4. The van der Waals surface area contributed by atoms with Crippen LogP contribution >= 0.6 is 0 Å². The molecule has 2 amide bonds. The second-order valence-corrected chi connectivity index (χ2v) is 11.2. The topological polar surface area (TPSA) is 114 Å². The number of methoxy groups -OCH3 is 1. The van der Waals surface area contributed by atoms with Crippen LogP contribution in [0.2, 0.25) is 0 Å². The van der Waals surface area contributed by atoms with Gasteiger partial charge in [0.25, 0.3) is 5.91 Å². The lowest BCUT2D eigenvalue weighted by Crippen LogP contribution is -2.53. The average molecular weight is 493 g/mol. The van der Waals surface area contributed by atoms with E-state index in [4.69, 9.17) is 9.47 Å². The van der Waals surface area contributed by atoms with Gasteiger partial charge in [-0.2, -0.15) is 0 Å². The Kier molecular flexibility index (Phi) is 7.97. The molecule has 2 aliphatic carbocycles. The van der Waals surface area contributed by atoms with Gasteiger partial charge in [-0.3, -0.25) is 14.4 Å². The molecule has 3 N–H and O–H groups in total. The molecule has 1 aromatic carbocycles. The number of nitrogens with one attached hydrogen (secondary N) is 2. The number of carboxylic acid groups (broad SMARTS) is 1. The molecular formula is C26H37FN2O6. The summed E-state index contributed by atoms with van der Waals surface area (Å²) in [7, 11) is 1.35. The highest BCUT2D eigenvalue weighted by molar-refractivity contribution is 5.98. The molecule has 3 rings (SSSR count). The molecule has 0 radical (unpaired) electrons. The Morgan fingerprint density at radius 1 is 1.11 bits per heavy atom. The van der Waals surface area contributed by atoms with Crippen molar-refractivity contribution in [2.75, 3.05) is 13.7 Å². The number of ether oxygens (including phenoxy) is 2. The number of hydrogen-bond donors (Lipinski definition) is 3. The maximum absolute atomic E-state index is 14.7. The number of carbonyl (C=O) groups excluding carboxylic acids is 2. The SMILES string of the molecule is COc1cc(F)c(O[C@H]2CC[C@@](C)(C(=O)O)CC2)cc1C(=O)NC1CC[C@H]1C(=O)NCC(C)(C)C. The maximum Gasteiger partial charge on any atom is 0.309 e. The number of hydrogen-bond acceptors (Lipinski definition) is 5. The standard InChI is InChI=1S/C26H37FN2O6/c1-25(2,3)14-28-22(30)16-6-7-19(16)29-23(31)17-12-21(18(27)13-20(17)34-5)35-15-8-10-26(4,11-9-15)24(32)33/h12-13,15-16,19H,6-11,14H2,1-5H3,(H,28,30)(H,29,31)(H,32,33)/t15-,16-,19?,26+/m1/s1. The molecule has 0 heterocycles. The lowest BCUT2D eigenvalue weighted by molar-refractivity contribution is -0.150. The van der Waals surface area contributed by atoms with E-state index >= 15 is 0 Å². The van der Waals surface area contributed by atoms with Gasteiger partial charge >= 0.3 is 5.97 Å². The van der Waals surface area contributed by atoms with E-state index in [0.29, 0.717) is 45.1 Å². The van der Waals surface area contributed by atoms with Gasteiger partial charge in [-0.1, -0.05) is 20.8 Å². The Balaban J connectivity index is 1.67. The van der Waals surface area contributed by atoms with Gasteiger partial charge in [0, 0.05) is 18.7 Å². The van der Waals surface area contributed by atoms with Crippen molar-refractivity contribution in [3.05, 3.63) is 23.5 Å². The zero-order chi connectivity index (χ0) is 26.0. The Morgan fingerprint density at radius 3 is 2.29 bits per heavy atom. The van der Waals surface area contributed by atoms with Crippen molar-refractivity contribution in [2.45, 2.75) is 78.4 Å². The predicted molar refractivity (Wildman–Crippen MR) is 128 cm³/mol. The first-order valence-corrected chi connectivity index (χ1v) is 12.2. The van der Waals surface area contributed by atoms with Gasteiger partial charge in [0.05, 0.1) is 30.1 Å². The van der Waals surface area contributed by atoms with E-state index in [1.165, 1.54) is 13.2 Å². The fraction of sp³-hybridized carbons (Fsp3) is 0.654. The lowest BCUT2D eigenvalue weighted by Gasteiger charge is -2.36. The molecule has 35 heavy (non-hydrogen) atoms. The largest absolute Gasteiger partial charge is 0.496 e. The molecule has 0 aliphatic heterocycles. The molecule has 0 aromatic heterocycles. The third-order valence-electron chi connectivity index (χ3n) is 7.07. The summed E-state index contributed by atoms with van der Waals surface area (Å²) in [6.07, 6.45) is 2.83. The molecule has 194 valence electrons. The van der Waals surface area contributed by atoms with Gasteiger partial charge in [-0.15, -0.1) is 0 Å². The third kappa shape index (κ3) is 6.44. The maximum atomic E-state index is 14.7. The summed E-state index contributed by atoms with van der Waals surface area (Å²) >= 11 is 0. The number of amides is 2. The normalized spacial score (nSPS) is 26.3. The number of carbonyl (C=O) groups is 3. The first-order valence-electron chi connectivity index (χ1n) is 12.2. The predicted octanol–water partition coefficient (Wildman–Crippen LogP) is 3.92. The van der Waals surface area contributed by atoms with Crippen LogP contribution in [0.4, 0.5) is 4.39 Å². The van der Waals surface area contributed by atoms with E-state index in [2.05, 4.69) is 10.6 Å². The fourth-order valence-electron chi connectivity index (χ4n) is 4.43. The van der Waals surface area contributed by atoms with Crippen molar-refractivity contribution in [2.24, 2.45) is 16.7 Å². The van der Waals surface area contributed by atoms with E-state index in [0.717, 1.165) is 6.07 Å². The highest BCUT2D eigenvalue weighted by Gasteiger charge is 2.39. The second-order valence-electron chi connectivity index (χ2n) is 11.2. The minimum Gasteiger partial charge on any atom is -0.496 e. The molecule has 0 spiro atoms. The molecule has 2 fully saturated rings. The fourth-order valence-corrected chi connectivity index (χ4v) is 4.43. The van der Waals surface area contributed by atoms with E-state index in [1.54, 1.807) is 6.92 Å². The quantitative estimate of drug-likeness (QED) is 0.507. The van der Waals surface area contributed by atoms with Gasteiger partial charge in [0.1, 0.15) is 5.75 Å². The summed E-state index contributed by atoms with van der Waals surface area (Å²) in [6, 6.07) is 2.12. The first-order chi connectivity index (χ1) is 16.3. The molecule has 2 aliphatic rings. The highest BCUT2D eigenvalue weighted by atomic mass is 19.1. The van der Waals surface area contributed by atoms with Gasteiger partial charge in [-0.25, -0.2) is 4.39 Å². The molecule has 2 saturated carbocycles. The average Bonchev–Trinajstić information content (AvgIpc) is 2.77. The smallest absolute Gasteiger partial charge is 0.309 e. The Labute approximate surface area is 205 Å². The van der Waals surface area contributed by atoms with E-state index in [1.807, 2.05) is 20.8 Å². The first kappa shape index (κ1) is 26.8. The van der Waals surface area contributed by atoms with Crippen LogP contribution in [0.1, 0.15) is 76.6 Å². The van der Waals surface area contributed by atoms with Crippen LogP contribution in [0.25, 0.3) is 0 Å². The van der Waals surface area contributed by atoms with Crippen molar-refractivity contribution in [3.8, 4) is 11.5 Å². The van der Waals surface area contributed by atoms with Crippen LogP contribution in [0.15, 0.2) is 12.1 Å². The Hall–Kier alpha value is -2.84. The number of aliphatic carboxylic acids is 1. The van der Waals surface area contributed by atoms with Crippen LogP contribution in [0.3, 0.4) is 0 Å². The van der Waals surface area contributed by atoms with Crippen molar-refractivity contribution in [3.63, 3.8) is 0 Å². The van der Waals surface area contributed by atoms with Gasteiger partial charge < -0.3 is 25.2 Å². The Morgan fingerprint density at radius 2 is 1.77 bits per heavy atom. The minimum atomic E-state index is -0.841. The summed E-state index contributed by atoms with van der Waals surface area (Å²) in [5, 5.41) is 15.2. The van der Waals surface area contributed by atoms with Crippen molar-refractivity contribution < 1.29 is 33.4 Å². The summed E-state index contributed by atoms with van der Waals surface area (Å²) in [5.41, 5.74) is -0.724. The number of carboxylic acids is 1. The molecule has 2 atom stereocenters. The molecule has 1 aromatic rings. The number of benzene rings is 1. The molecule has 0 bridgehead atoms. The lowest BCUT2D eigenvalue weighted by atomic mass is 9.75. The Bertz CT molecular complexity index is 965. The van der Waals surface area contributed by atoms with Crippen molar-refractivity contribution >= 4 is 17.8 Å². The highest BCUT2D eigenvalue weighted by Crippen LogP contribution is 2.39. The summed E-state index contributed by atoms with van der Waals surface area (Å²) < 4.78 is 25.8.